The van der Waals surface area contributed by atoms with Crippen LogP contribution < -0.4 is 32.5 Å². The molecule has 4 heteroatoms. The number of rotatable bonds is 0. The van der Waals surface area contributed by atoms with Crippen LogP contribution in [0.15, 0.2) is 0 Å². The maximum atomic E-state index is 5.56. The summed E-state index contributed by atoms with van der Waals surface area (Å²) in [5.41, 5.74) is 3.07. The van der Waals surface area contributed by atoms with Gasteiger partial charge in [0.25, 0.3) is 0 Å². The van der Waals surface area contributed by atoms with Crippen molar-refractivity contribution in [3.8, 4) is 0 Å². The molecule has 0 amide bonds. The van der Waals surface area contributed by atoms with Crippen LogP contribution in [0.4, 0.5) is 0 Å². The van der Waals surface area contributed by atoms with E-state index >= 15 is 0 Å². The molecule has 1 rings (SSSR count). The molecule has 1 fully saturated rings. The summed E-state index contributed by atoms with van der Waals surface area (Å²) in [5.74, 6) is 5.56. The molecular weight excluding hydrogens is 217 g/mol. The van der Waals surface area contributed by atoms with Gasteiger partial charge in [0.2, 0.25) is 0 Å². The number of halogens is 1. The van der Waals surface area contributed by atoms with Gasteiger partial charge < -0.3 is 0 Å². The molecule has 0 bridgehead atoms. The van der Waals surface area contributed by atoms with Crippen molar-refractivity contribution in [3.63, 3.8) is 0 Å². The monoisotopic (exact) mass is 228 g/mol. The third-order valence-corrected chi connectivity index (χ3v) is 4.31. The number of nitrogens with zero attached hydrogens (tertiary/aromatic N) is 1. The van der Waals surface area contributed by atoms with E-state index in [1.54, 1.807) is 5.12 Å². The van der Waals surface area contributed by atoms with Crippen LogP contribution in [0.2, 0.25) is 0 Å². The summed E-state index contributed by atoms with van der Waals surface area (Å²) in [7, 11) is 0. The number of hydrogen-bond donors (Lipinski definition) is 2. The van der Waals surface area contributed by atoms with Gasteiger partial charge in [-0.15, -0.1) is 0 Å². The molecule has 0 radical (unpaired) electrons. The van der Waals surface area contributed by atoms with Gasteiger partial charge in [0.1, 0.15) is 0 Å². The average molecular weight is 228 g/mol. The molecule has 0 atom stereocenters. The Morgan fingerprint density at radius 3 is 2.50 bits per heavy atom. The van der Waals surface area contributed by atoms with Gasteiger partial charge >= 0.3 is 59.5 Å². The predicted octanol–water partition coefficient (Wildman–Crippen LogP) is -3.54. The number of hydrazine groups is 2. The van der Waals surface area contributed by atoms with Gasteiger partial charge in [0, 0.05) is 0 Å². The molecule has 1 heterocycles. The van der Waals surface area contributed by atoms with Gasteiger partial charge in [-0.05, 0) is 0 Å². The quantitative estimate of drug-likeness (QED) is 0.195. The van der Waals surface area contributed by atoms with Crippen LogP contribution in [0.1, 0.15) is 13.8 Å². The van der Waals surface area contributed by atoms with Gasteiger partial charge in [-0.3, -0.25) is 0 Å². The molecule has 0 spiro atoms. The van der Waals surface area contributed by atoms with E-state index in [0.29, 0.717) is 0 Å². The first kappa shape index (κ1) is 6.73. The molecule has 0 aliphatic carbocycles. The third kappa shape index (κ3) is 1.12. The van der Waals surface area contributed by atoms with Crippen molar-refractivity contribution in [1.29, 1.82) is 0 Å². The van der Waals surface area contributed by atoms with E-state index in [0.717, 1.165) is 4.55 Å². The topological polar surface area (TPSA) is 41.3 Å². The fourth-order valence-electron chi connectivity index (χ4n) is 0.510. The van der Waals surface area contributed by atoms with Crippen molar-refractivity contribution in [3.05, 3.63) is 0 Å². The summed E-state index contributed by atoms with van der Waals surface area (Å²) in [6.07, 6.45) is 0. The second kappa shape index (κ2) is 2.09. The first-order valence-corrected chi connectivity index (χ1v) is 5.12. The minimum atomic E-state index is 0.245. The van der Waals surface area contributed by atoms with Crippen LogP contribution in [0, 0.1) is 0 Å². The number of hydrogen-bond acceptors (Lipinski definition) is 3. The third-order valence-electron chi connectivity index (χ3n) is 1.20. The van der Waals surface area contributed by atoms with Crippen LogP contribution in [0.5, 0.6) is 0 Å². The molecule has 1 aliphatic rings. The minimum absolute atomic E-state index is 0.245. The molecule has 3 nitrogen and oxygen atoms in total. The van der Waals surface area contributed by atoms with Crippen LogP contribution in [-0.2, 0) is 0 Å². The van der Waals surface area contributed by atoms with Crippen LogP contribution in [-0.4, -0.2) is 13.2 Å². The van der Waals surface area contributed by atoms with Gasteiger partial charge in [-0.1, -0.05) is 0 Å². The van der Waals surface area contributed by atoms with Gasteiger partial charge in [-0.2, -0.15) is 0 Å². The van der Waals surface area contributed by atoms with E-state index in [4.69, 9.17) is 5.84 Å². The van der Waals surface area contributed by atoms with Gasteiger partial charge in [0.15, 0.2) is 0 Å². The summed E-state index contributed by atoms with van der Waals surface area (Å²) < 4.78 is 1.38. The van der Waals surface area contributed by atoms with Crippen molar-refractivity contribution in [2.24, 2.45) is 5.84 Å². The zero-order chi connectivity index (χ0) is 6.20. The predicted molar refractivity (Wildman–Crippen MR) is 28.1 cm³/mol. The Morgan fingerprint density at radius 1 is 1.75 bits per heavy atom. The Labute approximate surface area is 59.8 Å². The molecule has 50 valence electrons. The SMILES string of the molecule is CC1(C)[I-]CNN1N. The van der Waals surface area contributed by atoms with E-state index < -0.39 is 0 Å². The molecular formula is C4H11IN3-. The Bertz CT molecular complexity index is 93.3. The summed E-state index contributed by atoms with van der Waals surface area (Å²) in [6.45, 7) is 4.33. The fraction of sp³-hybridized carbons (Fsp3) is 1.00. The van der Waals surface area contributed by atoms with Gasteiger partial charge in [-0.25, -0.2) is 0 Å². The summed E-state index contributed by atoms with van der Waals surface area (Å²) in [4.78, 5) is 0. The summed E-state index contributed by atoms with van der Waals surface area (Å²) in [5, 5.41) is 1.72. The average Bonchev–Trinajstić information content (AvgIpc) is 1.86. The number of nitrogens with one attached hydrogen (secondary N) is 1. The second-order valence-corrected chi connectivity index (χ2v) is 6.37. The van der Waals surface area contributed by atoms with Crippen molar-refractivity contribution in [2.75, 3.05) is 4.55 Å². The Kier molecular flexibility index (Phi) is 1.76. The zero-order valence-electron chi connectivity index (χ0n) is 5.11. The van der Waals surface area contributed by atoms with Crippen molar-refractivity contribution >= 4 is 0 Å². The normalized spacial score (nSPS) is 29.9. The van der Waals surface area contributed by atoms with E-state index in [9.17, 15) is 0 Å². The molecule has 1 saturated heterocycles. The summed E-state index contributed by atoms with van der Waals surface area (Å²) >= 11 is 0.245. The Hall–Kier alpha value is 0.610. The first-order chi connectivity index (χ1) is 3.63. The molecule has 0 aromatic carbocycles. The molecule has 3 N–H and O–H groups in total. The number of alkyl halides is 2. The number of nitrogens with two attached hydrogens (primary N) is 1. The Balaban J connectivity index is 2.54. The molecule has 8 heavy (non-hydrogen) atoms. The van der Waals surface area contributed by atoms with Crippen molar-refractivity contribution < 1.29 is 21.2 Å². The standard InChI is InChI=1S/C4H11IN3/c1-4(2)5-3-7-8(4)6/h7H,3,6H2,1-2H3/q-1. The van der Waals surface area contributed by atoms with Crippen LogP contribution in [0.25, 0.3) is 0 Å². The zero-order valence-corrected chi connectivity index (χ0v) is 7.27. The van der Waals surface area contributed by atoms with Crippen molar-refractivity contribution in [1.82, 2.24) is 10.5 Å². The molecule has 0 aromatic rings. The van der Waals surface area contributed by atoms with E-state index in [-0.39, 0.29) is 24.8 Å². The summed E-state index contributed by atoms with van der Waals surface area (Å²) in [6, 6.07) is 0. The van der Waals surface area contributed by atoms with E-state index in [2.05, 4.69) is 19.3 Å². The second-order valence-electron chi connectivity index (χ2n) is 2.21. The van der Waals surface area contributed by atoms with E-state index in [1.807, 2.05) is 0 Å². The van der Waals surface area contributed by atoms with Crippen LogP contribution in [0.3, 0.4) is 0 Å². The van der Waals surface area contributed by atoms with Crippen LogP contribution >= 0.6 is 0 Å². The fourth-order valence-corrected chi connectivity index (χ4v) is 2.52. The van der Waals surface area contributed by atoms with E-state index in [1.165, 1.54) is 0 Å². The maximum absolute atomic E-state index is 5.56. The molecule has 0 aromatic heterocycles. The Morgan fingerprint density at radius 2 is 2.38 bits per heavy atom. The first-order valence-electron chi connectivity index (χ1n) is 2.52. The molecule has 0 unspecified atom stereocenters. The molecule has 0 saturated carbocycles. The van der Waals surface area contributed by atoms with Gasteiger partial charge in [0.05, 0.1) is 0 Å². The molecule has 1 aliphatic heterocycles. The van der Waals surface area contributed by atoms with Crippen molar-refractivity contribution in [2.45, 2.75) is 17.4 Å².